The fraction of sp³-hybridized carbons (Fsp3) is 0.133. The first-order valence-corrected chi connectivity index (χ1v) is 6.62. The second kappa shape index (κ2) is 6.54. The molecule has 6 heteroatoms. The monoisotopic (exact) mass is 310 g/mol. The van der Waals surface area contributed by atoms with Gasteiger partial charge in [-0.3, -0.25) is 4.79 Å². The molecular formula is C15H13ClF2N2O. The number of halogens is 3. The molecule has 1 amide bonds. The van der Waals surface area contributed by atoms with Crippen LogP contribution in [0.15, 0.2) is 36.4 Å². The van der Waals surface area contributed by atoms with Crippen LogP contribution in [0.25, 0.3) is 0 Å². The maximum Gasteiger partial charge on any atom is 0.224 e. The van der Waals surface area contributed by atoms with Crippen LogP contribution in [0.1, 0.15) is 12.0 Å². The molecule has 0 radical (unpaired) electrons. The van der Waals surface area contributed by atoms with Crippen molar-refractivity contribution in [3.8, 4) is 0 Å². The predicted octanol–water partition coefficient (Wildman–Crippen LogP) is 3.77. The van der Waals surface area contributed by atoms with E-state index in [9.17, 15) is 13.6 Å². The Bertz CT molecular complexity index is 636. The topological polar surface area (TPSA) is 55.1 Å². The van der Waals surface area contributed by atoms with Gasteiger partial charge in [0.1, 0.15) is 5.82 Å². The van der Waals surface area contributed by atoms with Gasteiger partial charge in [-0.25, -0.2) is 8.78 Å². The van der Waals surface area contributed by atoms with E-state index in [1.807, 2.05) is 12.1 Å². The molecule has 21 heavy (non-hydrogen) atoms. The van der Waals surface area contributed by atoms with Crippen LogP contribution in [-0.4, -0.2) is 5.91 Å². The molecule has 0 aromatic heterocycles. The quantitative estimate of drug-likeness (QED) is 0.845. The molecule has 0 aliphatic rings. The van der Waals surface area contributed by atoms with Gasteiger partial charge in [-0.15, -0.1) is 0 Å². The first-order valence-electron chi connectivity index (χ1n) is 6.24. The van der Waals surface area contributed by atoms with Crippen molar-refractivity contribution in [2.24, 2.45) is 0 Å². The number of anilines is 2. The predicted molar refractivity (Wildman–Crippen MR) is 79.2 cm³/mol. The summed E-state index contributed by atoms with van der Waals surface area (Å²) in [6, 6.07) is 8.72. The minimum Gasteiger partial charge on any atom is -0.399 e. The van der Waals surface area contributed by atoms with E-state index in [2.05, 4.69) is 5.32 Å². The highest BCUT2D eigenvalue weighted by atomic mass is 35.5. The SMILES string of the molecule is Nc1ccc(CCC(=O)Nc2c(F)cc(F)cc2Cl)cc1. The van der Waals surface area contributed by atoms with Gasteiger partial charge in [-0.1, -0.05) is 23.7 Å². The Labute approximate surface area is 125 Å². The number of carbonyl (C=O) groups is 1. The van der Waals surface area contributed by atoms with Crippen LogP contribution in [0, 0.1) is 11.6 Å². The van der Waals surface area contributed by atoms with Crippen LogP contribution in [-0.2, 0) is 11.2 Å². The van der Waals surface area contributed by atoms with E-state index in [4.69, 9.17) is 17.3 Å². The van der Waals surface area contributed by atoms with E-state index in [0.717, 1.165) is 11.6 Å². The van der Waals surface area contributed by atoms with Gasteiger partial charge < -0.3 is 11.1 Å². The smallest absolute Gasteiger partial charge is 0.224 e. The maximum absolute atomic E-state index is 13.5. The third-order valence-electron chi connectivity index (χ3n) is 2.89. The Hall–Kier alpha value is -2.14. The number of rotatable bonds is 4. The second-order valence-corrected chi connectivity index (χ2v) is 4.94. The van der Waals surface area contributed by atoms with Crippen molar-refractivity contribution in [2.75, 3.05) is 11.1 Å². The maximum atomic E-state index is 13.5. The Kier molecular flexibility index (Phi) is 4.75. The van der Waals surface area contributed by atoms with Crippen LogP contribution < -0.4 is 11.1 Å². The number of nitrogens with one attached hydrogen (secondary N) is 1. The number of hydrogen-bond donors (Lipinski definition) is 2. The van der Waals surface area contributed by atoms with Crippen molar-refractivity contribution in [1.29, 1.82) is 0 Å². The fourth-order valence-corrected chi connectivity index (χ4v) is 2.05. The van der Waals surface area contributed by atoms with Crippen molar-refractivity contribution in [3.63, 3.8) is 0 Å². The number of nitrogen functional groups attached to an aromatic ring is 1. The van der Waals surface area contributed by atoms with Gasteiger partial charge in [0, 0.05) is 18.2 Å². The van der Waals surface area contributed by atoms with Crippen LogP contribution in [0.3, 0.4) is 0 Å². The molecule has 3 nitrogen and oxygen atoms in total. The molecule has 2 aromatic carbocycles. The van der Waals surface area contributed by atoms with Gasteiger partial charge in [0.05, 0.1) is 10.7 Å². The van der Waals surface area contributed by atoms with E-state index in [-0.39, 0.29) is 17.1 Å². The molecule has 110 valence electrons. The Morgan fingerprint density at radius 1 is 1.19 bits per heavy atom. The normalized spacial score (nSPS) is 10.4. The molecule has 3 N–H and O–H groups in total. The summed E-state index contributed by atoms with van der Waals surface area (Å²) >= 11 is 5.70. The van der Waals surface area contributed by atoms with Gasteiger partial charge in [0.15, 0.2) is 5.82 Å². The van der Waals surface area contributed by atoms with Crippen LogP contribution in [0.5, 0.6) is 0 Å². The summed E-state index contributed by atoms with van der Waals surface area (Å²) in [6.45, 7) is 0. The third-order valence-corrected chi connectivity index (χ3v) is 3.19. The van der Waals surface area contributed by atoms with E-state index < -0.39 is 17.5 Å². The number of amides is 1. The Balaban J connectivity index is 1.97. The van der Waals surface area contributed by atoms with E-state index in [0.29, 0.717) is 18.2 Å². The molecule has 2 aromatic rings. The molecule has 0 fully saturated rings. The lowest BCUT2D eigenvalue weighted by Crippen LogP contribution is -2.14. The highest BCUT2D eigenvalue weighted by Gasteiger charge is 2.13. The van der Waals surface area contributed by atoms with Gasteiger partial charge in [0.2, 0.25) is 5.91 Å². The number of benzene rings is 2. The summed E-state index contributed by atoms with van der Waals surface area (Å²) in [5, 5.41) is 2.18. The minimum atomic E-state index is -0.902. The van der Waals surface area contributed by atoms with E-state index in [1.54, 1.807) is 12.1 Å². The molecule has 0 aliphatic heterocycles. The molecule has 0 spiro atoms. The highest BCUT2D eigenvalue weighted by molar-refractivity contribution is 6.33. The van der Waals surface area contributed by atoms with Crippen molar-refractivity contribution in [3.05, 3.63) is 58.6 Å². The zero-order valence-corrected chi connectivity index (χ0v) is 11.8. The third kappa shape index (κ3) is 4.16. The summed E-state index contributed by atoms with van der Waals surface area (Å²) in [7, 11) is 0. The summed E-state index contributed by atoms with van der Waals surface area (Å²) in [4.78, 5) is 11.8. The van der Waals surface area contributed by atoms with E-state index in [1.165, 1.54) is 0 Å². The van der Waals surface area contributed by atoms with Gasteiger partial charge >= 0.3 is 0 Å². The summed E-state index contributed by atoms with van der Waals surface area (Å²) < 4.78 is 26.4. The molecule has 0 heterocycles. The molecule has 0 saturated carbocycles. The number of nitrogens with two attached hydrogens (primary N) is 1. The Morgan fingerprint density at radius 2 is 1.86 bits per heavy atom. The van der Waals surface area contributed by atoms with Crippen molar-refractivity contribution >= 4 is 28.9 Å². The van der Waals surface area contributed by atoms with Crippen molar-refractivity contribution in [2.45, 2.75) is 12.8 Å². The van der Waals surface area contributed by atoms with Crippen LogP contribution in [0.2, 0.25) is 5.02 Å². The van der Waals surface area contributed by atoms with Gasteiger partial charge in [-0.05, 0) is 30.2 Å². The van der Waals surface area contributed by atoms with Crippen LogP contribution in [0.4, 0.5) is 20.2 Å². The zero-order chi connectivity index (χ0) is 15.4. The lowest BCUT2D eigenvalue weighted by molar-refractivity contribution is -0.116. The minimum absolute atomic E-state index is 0.150. The molecule has 0 saturated heterocycles. The summed E-state index contributed by atoms with van der Waals surface area (Å²) in [6.07, 6.45) is 0.629. The molecule has 0 unspecified atom stereocenters. The number of aryl methyl sites for hydroxylation is 1. The van der Waals surface area contributed by atoms with E-state index >= 15 is 0 Å². The lowest BCUT2D eigenvalue weighted by Gasteiger charge is -2.09. The molecule has 0 atom stereocenters. The second-order valence-electron chi connectivity index (χ2n) is 4.53. The standard InChI is InChI=1S/C15H13ClF2N2O/c16-12-7-10(17)8-13(18)15(12)20-14(21)6-3-9-1-4-11(19)5-2-9/h1-2,4-5,7-8H,3,6,19H2,(H,20,21). The van der Waals surface area contributed by atoms with Gasteiger partial charge in [0.25, 0.3) is 0 Å². The number of carbonyl (C=O) groups excluding carboxylic acids is 1. The average molecular weight is 311 g/mol. The number of hydrogen-bond acceptors (Lipinski definition) is 2. The van der Waals surface area contributed by atoms with Crippen molar-refractivity contribution in [1.82, 2.24) is 0 Å². The fourth-order valence-electron chi connectivity index (χ4n) is 1.81. The zero-order valence-electron chi connectivity index (χ0n) is 11.0. The lowest BCUT2D eigenvalue weighted by atomic mass is 10.1. The van der Waals surface area contributed by atoms with Crippen LogP contribution >= 0.6 is 11.6 Å². The summed E-state index contributed by atoms with van der Waals surface area (Å²) in [5.41, 5.74) is 6.93. The average Bonchev–Trinajstić information content (AvgIpc) is 2.42. The highest BCUT2D eigenvalue weighted by Crippen LogP contribution is 2.26. The molecule has 0 aliphatic carbocycles. The first kappa shape index (κ1) is 15.3. The molecule has 2 rings (SSSR count). The van der Waals surface area contributed by atoms with Crippen molar-refractivity contribution < 1.29 is 13.6 Å². The Morgan fingerprint density at radius 3 is 2.48 bits per heavy atom. The molecular weight excluding hydrogens is 298 g/mol. The van der Waals surface area contributed by atoms with Gasteiger partial charge in [-0.2, -0.15) is 0 Å². The largest absolute Gasteiger partial charge is 0.399 e. The first-order chi connectivity index (χ1) is 9.95. The summed E-state index contributed by atoms with van der Waals surface area (Å²) in [5.74, 6) is -2.10. The molecule has 0 bridgehead atoms.